The van der Waals surface area contributed by atoms with E-state index in [1.807, 2.05) is 0 Å². The number of sulfonamides is 1. The van der Waals surface area contributed by atoms with Gasteiger partial charge in [-0.15, -0.1) is 0 Å². The molecule has 1 atom stereocenters. The average molecular weight is 455 g/mol. The molecule has 0 spiro atoms. The Hall–Kier alpha value is -2.82. The summed E-state index contributed by atoms with van der Waals surface area (Å²) in [5, 5.41) is 0. The van der Waals surface area contributed by atoms with Gasteiger partial charge in [-0.1, -0.05) is 18.2 Å². The van der Waals surface area contributed by atoms with Gasteiger partial charge in [-0.05, 0) is 36.4 Å². The average Bonchev–Trinajstić information content (AvgIpc) is 2.72. The molecule has 2 aromatic rings. The van der Waals surface area contributed by atoms with Crippen LogP contribution in [0.1, 0.15) is 0 Å². The Labute approximate surface area is 178 Å². The van der Waals surface area contributed by atoms with Gasteiger partial charge >= 0.3 is 16.2 Å². The molecule has 2 N–H and O–H groups in total. The predicted octanol–water partition coefficient (Wildman–Crippen LogP) is 4.10. The Morgan fingerprint density at radius 2 is 1.71 bits per heavy atom. The maximum absolute atomic E-state index is 13.1. The van der Waals surface area contributed by atoms with Crippen LogP contribution in [0.4, 0.5) is 18.9 Å². The summed E-state index contributed by atoms with van der Waals surface area (Å²) in [5.41, 5.74) is 6.02. The van der Waals surface area contributed by atoms with Gasteiger partial charge in [0.25, 0.3) is 0 Å². The highest BCUT2D eigenvalue weighted by molar-refractivity contribution is 7.91. The Morgan fingerprint density at radius 1 is 1.06 bits per heavy atom. The van der Waals surface area contributed by atoms with Crippen LogP contribution in [-0.4, -0.2) is 40.5 Å². The first-order chi connectivity index (χ1) is 14.6. The van der Waals surface area contributed by atoms with Crippen LogP contribution in [-0.2, 0) is 10.0 Å². The highest BCUT2D eigenvalue weighted by atomic mass is 32.2. The van der Waals surface area contributed by atoms with Gasteiger partial charge < -0.3 is 15.2 Å². The molecule has 0 amide bonds. The zero-order valence-electron chi connectivity index (χ0n) is 16.7. The fourth-order valence-electron chi connectivity index (χ4n) is 3.47. The molecule has 1 aliphatic heterocycles. The first kappa shape index (κ1) is 22.9. The van der Waals surface area contributed by atoms with E-state index in [1.165, 1.54) is 43.5 Å². The molecule has 0 saturated heterocycles. The molecule has 0 fully saturated rings. The van der Waals surface area contributed by atoms with E-state index in [9.17, 15) is 21.6 Å². The van der Waals surface area contributed by atoms with Crippen molar-refractivity contribution in [2.24, 2.45) is 5.73 Å². The van der Waals surface area contributed by atoms with E-state index in [0.29, 0.717) is 17.2 Å². The van der Waals surface area contributed by atoms with Gasteiger partial charge in [0.1, 0.15) is 18.0 Å². The van der Waals surface area contributed by atoms with Crippen molar-refractivity contribution in [1.82, 2.24) is 3.89 Å². The normalized spacial score (nSPS) is 19.1. The fourth-order valence-corrected chi connectivity index (χ4v) is 5.35. The van der Waals surface area contributed by atoms with Crippen LogP contribution in [0.5, 0.6) is 17.2 Å². The first-order valence-corrected chi connectivity index (χ1v) is 10.9. The maximum atomic E-state index is 13.1. The van der Waals surface area contributed by atoms with Gasteiger partial charge in [0.2, 0.25) is 0 Å². The summed E-state index contributed by atoms with van der Waals surface area (Å²) in [4.78, 5) is 0. The summed E-state index contributed by atoms with van der Waals surface area (Å²) in [5.74, 6) is -0.664. The Balaban J connectivity index is 2.03. The zero-order valence-corrected chi connectivity index (χ0v) is 17.5. The summed E-state index contributed by atoms with van der Waals surface area (Å²) in [6.45, 7) is -0.422. The Bertz CT molecular complexity index is 1100. The first-order valence-electron chi connectivity index (χ1n) is 9.28. The van der Waals surface area contributed by atoms with Crippen LogP contribution < -0.4 is 19.1 Å². The van der Waals surface area contributed by atoms with E-state index in [-0.39, 0.29) is 24.5 Å². The van der Waals surface area contributed by atoms with Crippen molar-refractivity contribution in [3.05, 3.63) is 72.5 Å². The summed E-state index contributed by atoms with van der Waals surface area (Å²) < 4.78 is 75.4. The van der Waals surface area contributed by atoms with E-state index in [4.69, 9.17) is 15.2 Å². The molecule has 0 aromatic heterocycles. The number of halogens is 3. The third-order valence-corrected chi connectivity index (χ3v) is 7.07. The number of hydrogen-bond acceptors (Lipinski definition) is 5. The number of methoxy groups -OCH3 is 1. The number of benzene rings is 2. The lowest BCUT2D eigenvalue weighted by atomic mass is 10.2. The van der Waals surface area contributed by atoms with Crippen molar-refractivity contribution >= 4 is 15.7 Å². The van der Waals surface area contributed by atoms with E-state index in [1.54, 1.807) is 30.3 Å². The van der Waals surface area contributed by atoms with E-state index in [0.717, 1.165) is 0 Å². The standard InChI is InChI=1S/C21H22F3N2O4S/c1-29-19-7-2-3-8-20(19)30-18-11-9-16(10-12-18)26(13-5-4-6-17(26)14-25)31(27,28)15-21(22,23)24/h2-12H,13-15,25H2,1H3/q+1. The van der Waals surface area contributed by atoms with Gasteiger partial charge in [-0.25, -0.2) is 0 Å². The van der Waals surface area contributed by atoms with Crippen molar-refractivity contribution in [2.75, 3.05) is 26.0 Å². The molecular formula is C21H22F3N2O4S+. The molecule has 31 heavy (non-hydrogen) atoms. The number of rotatable bonds is 7. The van der Waals surface area contributed by atoms with Crippen LogP contribution in [0.25, 0.3) is 0 Å². The second kappa shape index (κ2) is 8.74. The third kappa shape index (κ3) is 4.60. The lowest BCUT2D eigenvalue weighted by molar-refractivity contribution is -0.106. The molecule has 1 heterocycles. The molecule has 0 bridgehead atoms. The molecule has 0 radical (unpaired) electrons. The number of ether oxygens (including phenoxy) is 2. The molecule has 166 valence electrons. The van der Waals surface area contributed by atoms with Crippen LogP contribution in [0.15, 0.2) is 72.5 Å². The van der Waals surface area contributed by atoms with Gasteiger partial charge in [-0.2, -0.15) is 25.5 Å². The topological polar surface area (TPSA) is 78.6 Å². The van der Waals surface area contributed by atoms with E-state index in [2.05, 4.69) is 0 Å². The fraction of sp³-hybridized carbons (Fsp3) is 0.238. The number of nitrogens with two attached hydrogens (primary N) is 1. The summed E-state index contributed by atoms with van der Waals surface area (Å²) in [6.07, 6.45) is -0.359. The zero-order chi connectivity index (χ0) is 22.7. The molecule has 0 aliphatic carbocycles. The number of allylic oxidation sites excluding steroid dienone is 2. The third-order valence-electron chi connectivity index (χ3n) is 4.83. The van der Waals surface area contributed by atoms with Gasteiger partial charge in [0.05, 0.1) is 13.7 Å². The van der Waals surface area contributed by atoms with E-state index < -0.39 is 25.8 Å². The number of para-hydroxylation sites is 2. The largest absolute Gasteiger partial charge is 0.493 e. The predicted molar refractivity (Wildman–Crippen MR) is 112 cm³/mol. The highest BCUT2D eigenvalue weighted by Crippen LogP contribution is 2.39. The second-order valence-corrected chi connectivity index (χ2v) is 8.88. The molecule has 6 nitrogen and oxygen atoms in total. The van der Waals surface area contributed by atoms with Crippen molar-refractivity contribution in [1.29, 1.82) is 0 Å². The lowest BCUT2D eigenvalue weighted by Crippen LogP contribution is -2.58. The van der Waals surface area contributed by atoms with Gasteiger partial charge in [-0.3, -0.25) is 0 Å². The number of nitrogens with zero attached hydrogens (tertiary/aromatic N) is 1. The minimum atomic E-state index is -4.89. The van der Waals surface area contributed by atoms with Crippen LogP contribution in [0, 0.1) is 0 Å². The lowest BCUT2D eigenvalue weighted by Gasteiger charge is -2.38. The van der Waals surface area contributed by atoms with E-state index >= 15 is 0 Å². The smallest absolute Gasteiger partial charge is 0.408 e. The van der Waals surface area contributed by atoms with Crippen molar-refractivity contribution in [3.63, 3.8) is 0 Å². The summed E-state index contributed by atoms with van der Waals surface area (Å²) in [6, 6.07) is 12.8. The van der Waals surface area contributed by atoms with Crippen molar-refractivity contribution in [3.8, 4) is 17.2 Å². The highest BCUT2D eigenvalue weighted by Gasteiger charge is 2.52. The number of alkyl halides is 3. The molecule has 3 rings (SSSR count). The molecule has 0 saturated carbocycles. The second-order valence-electron chi connectivity index (χ2n) is 6.80. The number of quaternary nitrogens is 1. The van der Waals surface area contributed by atoms with Crippen molar-refractivity contribution in [2.45, 2.75) is 6.18 Å². The SMILES string of the molecule is COc1ccccc1Oc1ccc([N+]2(S(=O)(=O)CC(F)(F)F)CC=CC=C2CN)cc1. The summed E-state index contributed by atoms with van der Waals surface area (Å²) in [7, 11) is -3.25. The van der Waals surface area contributed by atoms with Crippen LogP contribution in [0.3, 0.4) is 0 Å². The molecule has 1 aliphatic rings. The summed E-state index contributed by atoms with van der Waals surface area (Å²) >= 11 is 0. The van der Waals surface area contributed by atoms with Crippen LogP contribution in [0.2, 0.25) is 0 Å². The van der Waals surface area contributed by atoms with Gasteiger partial charge in [0.15, 0.2) is 22.9 Å². The Kier molecular flexibility index (Phi) is 6.44. The molecule has 2 aromatic carbocycles. The molecular weight excluding hydrogens is 433 g/mol. The maximum Gasteiger partial charge on any atom is 0.408 e. The monoisotopic (exact) mass is 455 g/mol. The van der Waals surface area contributed by atoms with Crippen molar-refractivity contribution < 1.29 is 31.1 Å². The Morgan fingerprint density at radius 3 is 2.29 bits per heavy atom. The molecule has 10 heteroatoms. The minimum absolute atomic E-state index is 0.137. The van der Waals surface area contributed by atoms with Crippen LogP contribution >= 0.6 is 0 Å². The quantitative estimate of drug-likeness (QED) is 0.636. The molecule has 1 unspecified atom stereocenters. The van der Waals surface area contributed by atoms with Gasteiger partial charge in [0, 0.05) is 12.1 Å². The minimum Gasteiger partial charge on any atom is -0.493 e. The number of hydrogen-bond donors (Lipinski definition) is 1.